The lowest BCUT2D eigenvalue weighted by atomic mass is 10.4. The molecule has 1 aromatic rings. The lowest BCUT2D eigenvalue weighted by Crippen LogP contribution is -2.05. The molecule has 15 heavy (non-hydrogen) atoms. The van der Waals surface area contributed by atoms with Gasteiger partial charge in [-0.1, -0.05) is 12.8 Å². The molecule has 0 radical (unpaired) electrons. The van der Waals surface area contributed by atoms with E-state index in [1.807, 2.05) is 0 Å². The molecule has 1 N–H and O–H groups in total. The molecule has 0 spiro atoms. The zero-order valence-corrected chi connectivity index (χ0v) is 9.04. The van der Waals surface area contributed by atoms with Gasteiger partial charge >= 0.3 is 5.97 Å². The van der Waals surface area contributed by atoms with Crippen LogP contribution in [0.4, 0.5) is 0 Å². The summed E-state index contributed by atoms with van der Waals surface area (Å²) in [5.41, 5.74) is 0. The van der Waals surface area contributed by atoms with Gasteiger partial charge in [0, 0.05) is 11.4 Å². The molecule has 4 nitrogen and oxygen atoms in total. The van der Waals surface area contributed by atoms with Gasteiger partial charge in [-0.25, -0.2) is 14.8 Å². The highest BCUT2D eigenvalue weighted by Gasteiger charge is 2.17. The van der Waals surface area contributed by atoms with E-state index in [1.165, 1.54) is 31.9 Å². The van der Waals surface area contributed by atoms with Crippen molar-refractivity contribution >= 4 is 17.7 Å². The van der Waals surface area contributed by atoms with Crippen molar-refractivity contribution in [1.82, 2.24) is 9.97 Å². The van der Waals surface area contributed by atoms with E-state index in [9.17, 15) is 4.79 Å². The Morgan fingerprint density at radius 2 is 2.20 bits per heavy atom. The van der Waals surface area contributed by atoms with E-state index in [-0.39, 0.29) is 5.82 Å². The van der Waals surface area contributed by atoms with Crippen LogP contribution in [0, 0.1) is 0 Å². The molecule has 1 aliphatic carbocycles. The van der Waals surface area contributed by atoms with Gasteiger partial charge in [0.05, 0.1) is 0 Å². The summed E-state index contributed by atoms with van der Waals surface area (Å²) in [7, 11) is 0. The number of aromatic carboxylic acids is 1. The largest absolute Gasteiger partial charge is 0.475 e. The number of aromatic nitrogens is 2. The number of carboxylic acid groups (broad SMARTS) is 1. The number of carboxylic acids is 1. The number of thioether (sulfide) groups is 1. The van der Waals surface area contributed by atoms with Crippen LogP contribution in [0.15, 0.2) is 17.3 Å². The molecule has 0 amide bonds. The highest BCUT2D eigenvalue weighted by atomic mass is 32.2. The van der Waals surface area contributed by atoms with Gasteiger partial charge in [-0.05, 0) is 18.9 Å². The van der Waals surface area contributed by atoms with Gasteiger partial charge in [0.25, 0.3) is 0 Å². The fourth-order valence-corrected chi connectivity index (χ4v) is 2.88. The predicted octanol–water partition coefficient (Wildman–Crippen LogP) is 2.21. The van der Waals surface area contributed by atoms with Crippen molar-refractivity contribution in [1.29, 1.82) is 0 Å². The number of carbonyl (C=O) groups is 1. The van der Waals surface area contributed by atoms with Crippen LogP contribution in [0.2, 0.25) is 0 Å². The third-order valence-corrected chi connectivity index (χ3v) is 3.68. The van der Waals surface area contributed by atoms with Crippen molar-refractivity contribution in [2.24, 2.45) is 0 Å². The van der Waals surface area contributed by atoms with Crippen molar-refractivity contribution in [3.05, 3.63) is 18.1 Å². The lowest BCUT2D eigenvalue weighted by Gasteiger charge is -2.07. The lowest BCUT2D eigenvalue weighted by molar-refractivity contribution is 0.0682. The molecule has 0 aromatic carbocycles. The van der Waals surface area contributed by atoms with Gasteiger partial charge < -0.3 is 5.11 Å². The molecule has 0 atom stereocenters. The second-order valence-electron chi connectivity index (χ2n) is 3.55. The fourth-order valence-electron chi connectivity index (χ4n) is 1.69. The monoisotopic (exact) mass is 224 g/mol. The summed E-state index contributed by atoms with van der Waals surface area (Å²) >= 11 is 1.67. The molecule has 1 saturated carbocycles. The number of hydrogen-bond donors (Lipinski definition) is 1. The van der Waals surface area contributed by atoms with Crippen molar-refractivity contribution in [3.8, 4) is 0 Å². The molecule has 1 aliphatic rings. The van der Waals surface area contributed by atoms with Crippen LogP contribution in [-0.4, -0.2) is 26.3 Å². The zero-order chi connectivity index (χ0) is 10.7. The minimum atomic E-state index is -1.07. The van der Waals surface area contributed by atoms with Gasteiger partial charge in [0.15, 0.2) is 0 Å². The second-order valence-corrected chi connectivity index (χ2v) is 4.87. The van der Waals surface area contributed by atoms with Crippen LogP contribution in [-0.2, 0) is 0 Å². The minimum Gasteiger partial charge on any atom is -0.475 e. The molecule has 5 heteroatoms. The van der Waals surface area contributed by atoms with Crippen LogP contribution < -0.4 is 0 Å². The van der Waals surface area contributed by atoms with Crippen LogP contribution in [0.1, 0.15) is 36.3 Å². The molecule has 80 valence electrons. The topological polar surface area (TPSA) is 63.1 Å². The molecule has 1 heterocycles. The molecule has 1 fully saturated rings. The SMILES string of the molecule is O=C(O)c1nccc(SC2CCCC2)n1. The normalized spacial score (nSPS) is 16.8. The Hall–Kier alpha value is -1.10. The number of rotatable bonds is 3. The Morgan fingerprint density at radius 3 is 2.87 bits per heavy atom. The second kappa shape index (κ2) is 4.61. The van der Waals surface area contributed by atoms with Gasteiger partial charge in [-0.2, -0.15) is 0 Å². The molecule has 0 unspecified atom stereocenters. The van der Waals surface area contributed by atoms with Crippen LogP contribution in [0.25, 0.3) is 0 Å². The van der Waals surface area contributed by atoms with Gasteiger partial charge in [0.1, 0.15) is 5.03 Å². The highest BCUT2D eigenvalue weighted by molar-refractivity contribution is 7.99. The summed E-state index contributed by atoms with van der Waals surface area (Å²) in [5, 5.41) is 10.1. The predicted molar refractivity (Wildman–Crippen MR) is 57.1 cm³/mol. The third kappa shape index (κ3) is 2.68. The Labute approximate surface area is 92.1 Å². The molecule has 2 rings (SSSR count). The van der Waals surface area contributed by atoms with Crippen LogP contribution in [0.5, 0.6) is 0 Å². The summed E-state index contributed by atoms with van der Waals surface area (Å²) in [6, 6.07) is 1.77. The molecule has 0 aliphatic heterocycles. The molecule has 0 bridgehead atoms. The van der Waals surface area contributed by atoms with Gasteiger partial charge in [-0.3, -0.25) is 0 Å². The fraction of sp³-hybridized carbons (Fsp3) is 0.500. The Bertz CT molecular complexity index is 364. The third-order valence-electron chi connectivity index (χ3n) is 2.41. The summed E-state index contributed by atoms with van der Waals surface area (Å²) in [4.78, 5) is 18.3. The van der Waals surface area contributed by atoms with Gasteiger partial charge in [-0.15, -0.1) is 11.8 Å². The summed E-state index contributed by atoms with van der Waals surface area (Å²) < 4.78 is 0. The maximum atomic E-state index is 10.7. The first-order valence-corrected chi connectivity index (χ1v) is 5.86. The van der Waals surface area contributed by atoms with E-state index in [0.29, 0.717) is 5.25 Å². The first-order valence-electron chi connectivity index (χ1n) is 4.99. The zero-order valence-electron chi connectivity index (χ0n) is 8.22. The summed E-state index contributed by atoms with van der Waals surface area (Å²) in [6.07, 6.45) is 6.46. The standard InChI is InChI=1S/C10H12N2O2S/c13-10(14)9-11-6-5-8(12-9)15-7-3-1-2-4-7/h5-7H,1-4H2,(H,13,14). The smallest absolute Gasteiger partial charge is 0.373 e. The molecular formula is C10H12N2O2S. The maximum absolute atomic E-state index is 10.7. The van der Waals surface area contributed by atoms with Crippen molar-refractivity contribution in [2.75, 3.05) is 0 Å². The van der Waals surface area contributed by atoms with Crippen molar-refractivity contribution < 1.29 is 9.90 Å². The Balaban J connectivity index is 2.07. The summed E-state index contributed by atoms with van der Waals surface area (Å²) in [5.74, 6) is -1.18. The Morgan fingerprint density at radius 1 is 1.47 bits per heavy atom. The van der Waals surface area contributed by atoms with E-state index in [0.717, 1.165) is 5.03 Å². The Kier molecular flexibility index (Phi) is 3.20. The summed E-state index contributed by atoms with van der Waals surface area (Å²) in [6.45, 7) is 0. The molecular weight excluding hydrogens is 212 g/mol. The van der Waals surface area contributed by atoms with Crippen LogP contribution >= 0.6 is 11.8 Å². The van der Waals surface area contributed by atoms with Crippen molar-refractivity contribution in [2.45, 2.75) is 36.0 Å². The van der Waals surface area contributed by atoms with E-state index < -0.39 is 5.97 Å². The van der Waals surface area contributed by atoms with E-state index in [4.69, 9.17) is 5.11 Å². The first-order chi connectivity index (χ1) is 7.25. The first kappa shape index (κ1) is 10.4. The quantitative estimate of drug-likeness (QED) is 0.797. The van der Waals surface area contributed by atoms with E-state index >= 15 is 0 Å². The highest BCUT2D eigenvalue weighted by Crippen LogP contribution is 2.33. The number of nitrogens with zero attached hydrogens (tertiary/aromatic N) is 2. The van der Waals surface area contributed by atoms with Gasteiger partial charge in [0.2, 0.25) is 5.82 Å². The van der Waals surface area contributed by atoms with Crippen molar-refractivity contribution in [3.63, 3.8) is 0 Å². The average Bonchev–Trinajstić information content (AvgIpc) is 2.71. The maximum Gasteiger partial charge on any atom is 0.373 e. The van der Waals surface area contributed by atoms with E-state index in [1.54, 1.807) is 17.8 Å². The molecule has 1 aromatic heterocycles. The minimum absolute atomic E-state index is 0.113. The van der Waals surface area contributed by atoms with Crippen LogP contribution in [0.3, 0.4) is 0 Å². The molecule has 0 saturated heterocycles. The number of hydrogen-bond acceptors (Lipinski definition) is 4. The van der Waals surface area contributed by atoms with E-state index in [2.05, 4.69) is 9.97 Å². The average molecular weight is 224 g/mol.